The highest BCUT2D eigenvalue weighted by molar-refractivity contribution is 4.84. The van der Waals surface area contributed by atoms with E-state index in [1.807, 2.05) is 19.9 Å². The van der Waals surface area contributed by atoms with Crippen LogP contribution in [0.1, 0.15) is 33.6 Å². The number of hydrogen-bond donors (Lipinski definition) is 1. The minimum atomic E-state index is -0.958. The summed E-state index contributed by atoms with van der Waals surface area (Å²) in [6, 6.07) is 1.93. The average molecular weight is 201 g/mol. The van der Waals surface area contributed by atoms with Gasteiger partial charge in [0.15, 0.2) is 6.29 Å². The highest BCUT2D eigenvalue weighted by atomic mass is 16.7. The first-order valence-corrected chi connectivity index (χ1v) is 4.84. The molecular weight excluding hydrogens is 182 g/mol. The molecule has 0 fully saturated rings. The van der Waals surface area contributed by atoms with E-state index in [-0.39, 0.29) is 12.7 Å². The normalized spacial score (nSPS) is 17.1. The zero-order chi connectivity index (χ0) is 11.0. The Labute approximate surface area is 85.4 Å². The van der Waals surface area contributed by atoms with Crippen LogP contribution >= 0.6 is 0 Å². The summed E-state index contributed by atoms with van der Waals surface area (Å²) in [6.45, 7) is 6.34. The Morgan fingerprint density at radius 3 is 2.64 bits per heavy atom. The van der Waals surface area contributed by atoms with Crippen LogP contribution in [0.5, 0.6) is 0 Å². The number of rotatable bonds is 7. The molecule has 4 nitrogen and oxygen atoms in total. The third-order valence-electron chi connectivity index (χ3n) is 1.85. The topological polar surface area (TPSA) is 62.5 Å². The molecule has 0 heterocycles. The van der Waals surface area contributed by atoms with E-state index in [1.54, 1.807) is 6.92 Å². The highest BCUT2D eigenvalue weighted by Crippen LogP contribution is 2.13. The molecule has 2 atom stereocenters. The van der Waals surface area contributed by atoms with Crippen molar-refractivity contribution in [1.82, 2.24) is 0 Å². The van der Waals surface area contributed by atoms with Crippen molar-refractivity contribution in [3.8, 4) is 6.07 Å². The zero-order valence-electron chi connectivity index (χ0n) is 9.12. The number of nitriles is 1. The maximum absolute atomic E-state index is 9.61. The molecule has 1 unspecified atom stereocenters. The predicted molar refractivity (Wildman–Crippen MR) is 52.5 cm³/mol. The largest absolute Gasteiger partial charge is 0.389 e. The van der Waals surface area contributed by atoms with E-state index in [0.717, 1.165) is 0 Å². The Kier molecular flexibility index (Phi) is 6.46. The smallest absolute Gasteiger partial charge is 0.154 e. The quantitative estimate of drug-likeness (QED) is 0.633. The van der Waals surface area contributed by atoms with Crippen molar-refractivity contribution in [2.45, 2.75) is 45.5 Å². The van der Waals surface area contributed by atoms with Gasteiger partial charge in [-0.25, -0.2) is 0 Å². The van der Waals surface area contributed by atoms with Gasteiger partial charge in [0.05, 0.1) is 24.7 Å². The van der Waals surface area contributed by atoms with E-state index < -0.39 is 5.60 Å². The van der Waals surface area contributed by atoms with E-state index >= 15 is 0 Å². The van der Waals surface area contributed by atoms with Gasteiger partial charge < -0.3 is 14.6 Å². The van der Waals surface area contributed by atoms with Crippen LogP contribution in [0, 0.1) is 11.3 Å². The second kappa shape index (κ2) is 6.77. The molecule has 4 heteroatoms. The first-order valence-electron chi connectivity index (χ1n) is 4.84. The van der Waals surface area contributed by atoms with Gasteiger partial charge in [-0.05, 0) is 20.8 Å². The SMILES string of the molecule is CCOC(C)OCC[C@](C)(O)CC#N. The molecular formula is C10H19NO3. The van der Waals surface area contributed by atoms with E-state index in [1.165, 1.54) is 0 Å². The van der Waals surface area contributed by atoms with Gasteiger partial charge >= 0.3 is 0 Å². The molecule has 0 aromatic rings. The maximum atomic E-state index is 9.61. The molecule has 82 valence electrons. The van der Waals surface area contributed by atoms with Crippen molar-refractivity contribution in [2.24, 2.45) is 0 Å². The van der Waals surface area contributed by atoms with Crippen molar-refractivity contribution in [1.29, 1.82) is 5.26 Å². The van der Waals surface area contributed by atoms with Crippen LogP contribution in [-0.4, -0.2) is 30.2 Å². The standard InChI is InChI=1S/C10H19NO3/c1-4-13-9(2)14-8-6-10(3,12)5-7-11/h9,12H,4-6,8H2,1-3H3/t9?,10-/m1/s1. The van der Waals surface area contributed by atoms with E-state index in [0.29, 0.717) is 19.6 Å². The molecule has 0 spiro atoms. The van der Waals surface area contributed by atoms with Gasteiger partial charge in [0.1, 0.15) is 0 Å². The summed E-state index contributed by atoms with van der Waals surface area (Å²) < 4.78 is 10.4. The minimum absolute atomic E-state index is 0.124. The monoisotopic (exact) mass is 201 g/mol. The lowest BCUT2D eigenvalue weighted by Crippen LogP contribution is -2.26. The Balaban J connectivity index is 3.58. The van der Waals surface area contributed by atoms with Crippen molar-refractivity contribution < 1.29 is 14.6 Å². The third kappa shape index (κ3) is 6.84. The molecule has 0 rings (SSSR count). The fourth-order valence-corrected chi connectivity index (χ4v) is 0.986. The summed E-state index contributed by atoms with van der Waals surface area (Å²) in [5.74, 6) is 0. The van der Waals surface area contributed by atoms with Gasteiger partial charge in [-0.3, -0.25) is 0 Å². The fraction of sp³-hybridized carbons (Fsp3) is 0.900. The molecule has 0 saturated carbocycles. The van der Waals surface area contributed by atoms with Gasteiger partial charge in [-0.1, -0.05) is 0 Å². The predicted octanol–water partition coefficient (Wildman–Crippen LogP) is 1.44. The van der Waals surface area contributed by atoms with Gasteiger partial charge in [-0.15, -0.1) is 0 Å². The minimum Gasteiger partial charge on any atom is -0.389 e. The number of nitrogens with zero attached hydrogens (tertiary/aromatic N) is 1. The Morgan fingerprint density at radius 2 is 2.14 bits per heavy atom. The fourth-order valence-electron chi connectivity index (χ4n) is 0.986. The van der Waals surface area contributed by atoms with Crippen molar-refractivity contribution in [2.75, 3.05) is 13.2 Å². The summed E-state index contributed by atoms with van der Waals surface area (Å²) in [5, 5.41) is 18.0. The first-order chi connectivity index (χ1) is 6.52. The Hall–Kier alpha value is -0.630. The summed E-state index contributed by atoms with van der Waals surface area (Å²) in [7, 11) is 0. The molecule has 0 saturated heterocycles. The van der Waals surface area contributed by atoms with Gasteiger partial charge in [0.2, 0.25) is 0 Å². The average Bonchev–Trinajstić information content (AvgIpc) is 2.03. The van der Waals surface area contributed by atoms with Crippen LogP contribution in [0.25, 0.3) is 0 Å². The van der Waals surface area contributed by atoms with Crippen LogP contribution in [0.4, 0.5) is 0 Å². The van der Waals surface area contributed by atoms with Crippen LogP contribution in [0.15, 0.2) is 0 Å². The molecule has 0 aliphatic heterocycles. The zero-order valence-corrected chi connectivity index (χ0v) is 9.12. The Morgan fingerprint density at radius 1 is 1.50 bits per heavy atom. The van der Waals surface area contributed by atoms with Crippen LogP contribution in [0.3, 0.4) is 0 Å². The van der Waals surface area contributed by atoms with Crippen molar-refractivity contribution >= 4 is 0 Å². The highest BCUT2D eigenvalue weighted by Gasteiger charge is 2.19. The van der Waals surface area contributed by atoms with E-state index in [2.05, 4.69) is 0 Å². The number of hydrogen-bond acceptors (Lipinski definition) is 4. The van der Waals surface area contributed by atoms with E-state index in [4.69, 9.17) is 14.7 Å². The third-order valence-corrected chi connectivity index (χ3v) is 1.85. The summed E-state index contributed by atoms with van der Waals surface area (Å²) >= 11 is 0. The maximum Gasteiger partial charge on any atom is 0.154 e. The number of aliphatic hydroxyl groups is 1. The summed E-state index contributed by atoms with van der Waals surface area (Å²) in [4.78, 5) is 0. The molecule has 0 aromatic carbocycles. The lowest BCUT2D eigenvalue weighted by atomic mass is 10.00. The molecule has 0 aliphatic rings. The summed E-state index contributed by atoms with van der Waals surface area (Å²) in [6.07, 6.45) is 0.315. The molecule has 0 bridgehead atoms. The first kappa shape index (κ1) is 13.4. The van der Waals surface area contributed by atoms with Crippen LogP contribution in [0.2, 0.25) is 0 Å². The second-order valence-electron chi connectivity index (χ2n) is 3.48. The molecule has 0 radical (unpaired) electrons. The second-order valence-corrected chi connectivity index (χ2v) is 3.48. The van der Waals surface area contributed by atoms with Crippen LogP contribution < -0.4 is 0 Å². The van der Waals surface area contributed by atoms with Crippen LogP contribution in [-0.2, 0) is 9.47 Å². The molecule has 0 amide bonds. The van der Waals surface area contributed by atoms with Gasteiger partial charge in [-0.2, -0.15) is 5.26 Å². The lowest BCUT2D eigenvalue weighted by molar-refractivity contribution is -0.135. The van der Waals surface area contributed by atoms with Crippen molar-refractivity contribution in [3.63, 3.8) is 0 Å². The van der Waals surface area contributed by atoms with Crippen molar-refractivity contribution in [3.05, 3.63) is 0 Å². The van der Waals surface area contributed by atoms with Gasteiger partial charge in [0, 0.05) is 13.0 Å². The molecule has 1 N–H and O–H groups in total. The van der Waals surface area contributed by atoms with E-state index in [9.17, 15) is 5.11 Å². The summed E-state index contributed by atoms with van der Waals surface area (Å²) in [5.41, 5.74) is -0.958. The molecule has 0 aromatic heterocycles. The number of ether oxygens (including phenoxy) is 2. The lowest BCUT2D eigenvalue weighted by Gasteiger charge is -2.21. The van der Waals surface area contributed by atoms with Gasteiger partial charge in [0.25, 0.3) is 0 Å². The Bertz CT molecular complexity index is 186. The molecule has 0 aliphatic carbocycles. The molecule has 14 heavy (non-hydrogen) atoms.